The largest absolute Gasteiger partial charge is 0.335 e. The third-order valence-electron chi connectivity index (χ3n) is 6.52. The highest BCUT2D eigenvalue weighted by molar-refractivity contribution is 5.89. The number of aryl methyl sites for hydroxylation is 1. The van der Waals surface area contributed by atoms with E-state index < -0.39 is 0 Å². The number of hydrogen-bond acceptors (Lipinski definition) is 2. The Morgan fingerprint density at radius 2 is 2.03 bits per heavy atom. The lowest BCUT2D eigenvalue weighted by Gasteiger charge is -2.33. The van der Waals surface area contributed by atoms with Gasteiger partial charge in [0.15, 0.2) is 0 Å². The van der Waals surface area contributed by atoms with Crippen LogP contribution >= 0.6 is 0 Å². The van der Waals surface area contributed by atoms with E-state index in [1.165, 1.54) is 50.1 Å². The Balaban J connectivity index is 1.68. The number of fused-ring (bicyclic) bond motifs is 4. The molecule has 2 aliphatic heterocycles. The first-order chi connectivity index (χ1) is 14.0. The summed E-state index contributed by atoms with van der Waals surface area (Å²) in [7, 11) is 0. The minimum Gasteiger partial charge on any atom is -0.335 e. The van der Waals surface area contributed by atoms with E-state index in [9.17, 15) is 0 Å². The van der Waals surface area contributed by atoms with Crippen molar-refractivity contribution >= 4 is 16.6 Å². The van der Waals surface area contributed by atoms with Crippen LogP contribution in [0.1, 0.15) is 55.5 Å². The monoisotopic (exact) mass is 380 g/mol. The van der Waals surface area contributed by atoms with Crippen LogP contribution in [0.25, 0.3) is 16.6 Å². The zero-order valence-corrected chi connectivity index (χ0v) is 17.6. The summed E-state index contributed by atoms with van der Waals surface area (Å²) in [6, 6.07) is 6.70. The molecule has 0 unspecified atom stereocenters. The third-order valence-corrected chi connectivity index (χ3v) is 6.52. The average Bonchev–Trinajstić information content (AvgIpc) is 3.04. The Kier molecular flexibility index (Phi) is 4.13. The van der Waals surface area contributed by atoms with E-state index in [0.29, 0.717) is 0 Å². The summed E-state index contributed by atoms with van der Waals surface area (Å²) in [5, 5.41) is 1.29. The Morgan fingerprint density at radius 1 is 1.21 bits per heavy atom. The molecule has 3 aliphatic rings. The summed E-state index contributed by atoms with van der Waals surface area (Å²) in [5.41, 5.74) is 14.1. The Bertz CT molecular complexity index is 1170. The van der Waals surface area contributed by atoms with E-state index in [2.05, 4.69) is 62.8 Å². The van der Waals surface area contributed by atoms with Crippen molar-refractivity contribution in [2.75, 3.05) is 0 Å². The Labute approximate surface area is 173 Å². The number of hydrogen-bond donors (Lipinski definition) is 0. The molecule has 146 valence electrons. The molecule has 1 aliphatic carbocycles. The highest BCUT2D eigenvalue weighted by Gasteiger charge is 2.35. The second-order valence-electron chi connectivity index (χ2n) is 8.75. The second kappa shape index (κ2) is 6.59. The van der Waals surface area contributed by atoms with Gasteiger partial charge in [0.25, 0.3) is 0 Å². The van der Waals surface area contributed by atoms with Gasteiger partial charge in [-0.05, 0) is 79.5 Å². The normalized spacial score (nSPS) is 18.0. The molecule has 2 aromatic rings. The van der Waals surface area contributed by atoms with Crippen molar-refractivity contribution in [1.29, 1.82) is 0 Å². The fraction of sp³-hybridized carbons (Fsp3) is 0.296. The summed E-state index contributed by atoms with van der Waals surface area (Å²) in [6.45, 7) is 18.0. The molecular weight excluding hydrogens is 352 g/mol. The van der Waals surface area contributed by atoms with Crippen molar-refractivity contribution in [2.45, 2.75) is 52.5 Å². The highest BCUT2D eigenvalue weighted by Crippen LogP contribution is 2.47. The van der Waals surface area contributed by atoms with Crippen molar-refractivity contribution in [3.63, 3.8) is 0 Å². The molecule has 0 radical (unpaired) electrons. The van der Waals surface area contributed by atoms with Gasteiger partial charge in [-0.2, -0.15) is 0 Å². The first-order valence-corrected chi connectivity index (χ1v) is 10.6. The van der Waals surface area contributed by atoms with Gasteiger partial charge in [-0.1, -0.05) is 43.9 Å². The molecule has 0 atom stereocenters. The van der Waals surface area contributed by atoms with Gasteiger partial charge in [-0.3, -0.25) is 0 Å². The minimum atomic E-state index is 0.883. The summed E-state index contributed by atoms with van der Waals surface area (Å²) < 4.78 is 0. The highest BCUT2D eigenvalue weighted by atomic mass is 15.2. The molecular formula is C27H28N2. The van der Waals surface area contributed by atoms with Crippen LogP contribution in [0, 0.1) is 0 Å². The maximum atomic E-state index is 5.14. The average molecular weight is 381 g/mol. The number of rotatable bonds is 3. The number of allylic oxidation sites excluding steroid dienone is 5. The van der Waals surface area contributed by atoms with Crippen LogP contribution in [0.15, 0.2) is 72.0 Å². The van der Waals surface area contributed by atoms with Crippen LogP contribution < -0.4 is 0 Å². The summed E-state index contributed by atoms with van der Waals surface area (Å²) >= 11 is 0. The lowest BCUT2D eigenvalue weighted by Crippen LogP contribution is -2.22. The number of benzene rings is 1. The molecule has 0 fully saturated rings. The van der Waals surface area contributed by atoms with Crippen LogP contribution in [0.4, 0.5) is 0 Å². The summed E-state index contributed by atoms with van der Waals surface area (Å²) in [4.78, 5) is 7.53. The minimum absolute atomic E-state index is 0.883. The number of nitrogens with zero attached hydrogens (tertiary/aromatic N) is 2. The van der Waals surface area contributed by atoms with Crippen molar-refractivity contribution < 1.29 is 0 Å². The molecule has 5 rings (SSSR count). The van der Waals surface area contributed by atoms with E-state index in [-0.39, 0.29) is 0 Å². The summed E-state index contributed by atoms with van der Waals surface area (Å²) in [5.74, 6) is 0. The van der Waals surface area contributed by atoms with Crippen LogP contribution in [0.5, 0.6) is 0 Å². The zero-order valence-electron chi connectivity index (χ0n) is 17.6. The van der Waals surface area contributed by atoms with Crippen LogP contribution in [0.3, 0.4) is 0 Å². The first kappa shape index (κ1) is 18.2. The molecule has 1 aromatic carbocycles. The predicted octanol–water partition coefficient (Wildman–Crippen LogP) is 6.64. The molecule has 2 nitrogen and oxygen atoms in total. The molecule has 0 N–H and O–H groups in total. The maximum absolute atomic E-state index is 5.14. The standard InChI is InChI=1S/C27H28N2/c1-6-21-23-13-19(11-16(2)3)8-10-25(23)28-27-24(21)15-29-18(5)22-9-7-17(4)12-20(22)14-26(27)29/h8,10,13-14H,2,4-7,9,11-12,15H2,1,3H3. The van der Waals surface area contributed by atoms with Crippen molar-refractivity contribution in [2.24, 2.45) is 0 Å². The van der Waals surface area contributed by atoms with E-state index in [1.54, 1.807) is 0 Å². The Hall–Kier alpha value is -2.87. The van der Waals surface area contributed by atoms with Gasteiger partial charge in [0.2, 0.25) is 0 Å². The van der Waals surface area contributed by atoms with Gasteiger partial charge in [-0.15, -0.1) is 0 Å². The van der Waals surface area contributed by atoms with Gasteiger partial charge in [0.05, 0.1) is 23.5 Å². The lowest BCUT2D eigenvalue weighted by atomic mass is 9.84. The molecule has 0 spiro atoms. The number of aromatic nitrogens is 1. The van der Waals surface area contributed by atoms with Crippen molar-refractivity contribution in [3.8, 4) is 0 Å². The van der Waals surface area contributed by atoms with E-state index in [4.69, 9.17) is 4.98 Å². The topological polar surface area (TPSA) is 16.1 Å². The van der Waals surface area contributed by atoms with Crippen molar-refractivity contribution in [1.82, 2.24) is 9.88 Å². The van der Waals surface area contributed by atoms with Crippen LogP contribution in [-0.2, 0) is 19.4 Å². The fourth-order valence-corrected chi connectivity index (χ4v) is 5.14. The van der Waals surface area contributed by atoms with Gasteiger partial charge in [0, 0.05) is 16.6 Å². The van der Waals surface area contributed by atoms with Crippen molar-refractivity contribution in [3.05, 3.63) is 94.4 Å². The van der Waals surface area contributed by atoms with E-state index in [1.807, 2.05) is 0 Å². The molecule has 0 amide bonds. The fourth-order valence-electron chi connectivity index (χ4n) is 5.14. The molecule has 2 heteroatoms. The third kappa shape index (κ3) is 2.81. The molecule has 29 heavy (non-hydrogen) atoms. The van der Waals surface area contributed by atoms with Gasteiger partial charge < -0.3 is 4.90 Å². The van der Waals surface area contributed by atoms with Gasteiger partial charge in [-0.25, -0.2) is 4.98 Å². The second-order valence-corrected chi connectivity index (χ2v) is 8.75. The van der Waals surface area contributed by atoms with E-state index in [0.717, 1.165) is 55.6 Å². The van der Waals surface area contributed by atoms with Gasteiger partial charge >= 0.3 is 0 Å². The quantitative estimate of drug-likeness (QED) is 0.555. The predicted molar refractivity (Wildman–Crippen MR) is 122 cm³/mol. The molecule has 3 heterocycles. The summed E-state index contributed by atoms with van der Waals surface area (Å²) in [6.07, 6.45) is 7.40. The zero-order chi connectivity index (χ0) is 20.3. The SMILES string of the molecule is C=C(C)Cc1ccc2nc3c(c(CC)c2c1)CN1C(=C)C2=C(C=C31)CC(=C)CC2. The van der Waals surface area contributed by atoms with Gasteiger partial charge in [0.1, 0.15) is 0 Å². The maximum Gasteiger partial charge on any atom is 0.0927 e. The number of pyridine rings is 1. The van der Waals surface area contributed by atoms with E-state index >= 15 is 0 Å². The lowest BCUT2D eigenvalue weighted by molar-refractivity contribution is 0.501. The molecule has 1 aromatic heterocycles. The first-order valence-electron chi connectivity index (χ1n) is 10.6. The molecule has 0 saturated heterocycles. The van der Waals surface area contributed by atoms with Crippen LogP contribution in [-0.4, -0.2) is 9.88 Å². The molecule has 0 saturated carbocycles. The van der Waals surface area contributed by atoms with Crippen LogP contribution in [0.2, 0.25) is 0 Å². The molecule has 0 bridgehead atoms. The Morgan fingerprint density at radius 3 is 2.79 bits per heavy atom. The smallest absolute Gasteiger partial charge is 0.0927 e.